The smallest absolute Gasteiger partial charge is 0.228 e. The summed E-state index contributed by atoms with van der Waals surface area (Å²) in [6.07, 6.45) is 5.05. The average molecular weight is 395 g/mol. The quantitative estimate of drug-likeness (QED) is 0.680. The Hall–Kier alpha value is -1.09. The third-order valence-corrected chi connectivity index (χ3v) is 7.12. The Balaban J connectivity index is 1.54. The fourth-order valence-electron chi connectivity index (χ4n) is 3.42. The molecule has 2 aromatic heterocycles. The van der Waals surface area contributed by atoms with Crippen molar-refractivity contribution >= 4 is 45.9 Å². The number of carbonyl (C=O) groups excluding carboxylic acids is 1. The average Bonchev–Trinajstić information content (AvgIpc) is 3.01. The highest BCUT2D eigenvalue weighted by atomic mass is 32.1. The zero-order valence-electron chi connectivity index (χ0n) is 14.3. The molecule has 3 heterocycles. The van der Waals surface area contributed by atoms with Crippen LogP contribution in [-0.2, 0) is 11.5 Å². The molecule has 0 radical (unpaired) electrons. The first kappa shape index (κ1) is 17.3. The molecule has 0 unspecified atom stereocenters. The normalized spacial score (nSPS) is 20.9. The van der Waals surface area contributed by atoms with Crippen LogP contribution < -0.4 is 4.90 Å². The Morgan fingerprint density at radius 1 is 1.44 bits per heavy atom. The van der Waals surface area contributed by atoms with E-state index < -0.39 is 0 Å². The second-order valence-corrected chi connectivity index (χ2v) is 9.21. The molecule has 25 heavy (non-hydrogen) atoms. The molecule has 1 saturated carbocycles. The van der Waals surface area contributed by atoms with Gasteiger partial charge in [0.05, 0.1) is 6.67 Å². The number of hydrogen-bond donors (Lipinski definition) is 0. The Labute approximate surface area is 160 Å². The first-order valence-corrected chi connectivity index (χ1v) is 10.9. The van der Waals surface area contributed by atoms with Gasteiger partial charge in [-0.25, -0.2) is 4.68 Å². The van der Waals surface area contributed by atoms with E-state index in [2.05, 4.69) is 22.4 Å². The van der Waals surface area contributed by atoms with E-state index in [9.17, 15) is 4.79 Å². The Kier molecular flexibility index (Phi) is 5.04. The Morgan fingerprint density at radius 2 is 2.28 bits per heavy atom. The van der Waals surface area contributed by atoms with Crippen molar-refractivity contribution in [2.45, 2.75) is 57.8 Å². The molecule has 1 amide bonds. The fraction of sp³-hybridized carbons (Fsp3) is 0.588. The van der Waals surface area contributed by atoms with Crippen molar-refractivity contribution in [3.8, 4) is 0 Å². The van der Waals surface area contributed by atoms with Crippen LogP contribution in [-0.4, -0.2) is 33.2 Å². The third kappa shape index (κ3) is 3.58. The highest BCUT2D eigenvalue weighted by Gasteiger charge is 2.35. The molecule has 0 aromatic carbocycles. The summed E-state index contributed by atoms with van der Waals surface area (Å²) in [5.41, 5.74) is 0. The SMILES string of the molecule is CCC(=O)N(c1nn(CN2CCC[C@H]2c2cccs2)c(=S)s1)C1CC1. The number of carbonyl (C=O) groups is 1. The maximum absolute atomic E-state index is 12.3. The second-order valence-electron chi connectivity index (χ2n) is 6.63. The molecule has 0 spiro atoms. The lowest BCUT2D eigenvalue weighted by Gasteiger charge is -2.23. The molecule has 0 bridgehead atoms. The summed E-state index contributed by atoms with van der Waals surface area (Å²) in [6.45, 7) is 3.68. The second kappa shape index (κ2) is 7.26. The van der Waals surface area contributed by atoms with Gasteiger partial charge in [-0.2, -0.15) is 0 Å². The minimum atomic E-state index is 0.149. The van der Waals surface area contributed by atoms with Crippen LogP contribution in [0.5, 0.6) is 0 Å². The minimum absolute atomic E-state index is 0.149. The van der Waals surface area contributed by atoms with Crippen molar-refractivity contribution in [1.82, 2.24) is 14.7 Å². The van der Waals surface area contributed by atoms with E-state index >= 15 is 0 Å². The van der Waals surface area contributed by atoms with Crippen molar-refractivity contribution in [2.75, 3.05) is 11.4 Å². The molecule has 2 aliphatic rings. The lowest BCUT2D eigenvalue weighted by molar-refractivity contribution is -0.118. The molecular formula is C17H22N4OS3. The number of aromatic nitrogens is 2. The van der Waals surface area contributed by atoms with Crippen molar-refractivity contribution in [3.05, 3.63) is 26.3 Å². The largest absolute Gasteiger partial charge is 0.284 e. The predicted octanol–water partition coefficient (Wildman–Crippen LogP) is 4.44. The summed E-state index contributed by atoms with van der Waals surface area (Å²) in [7, 11) is 0. The maximum atomic E-state index is 12.3. The molecule has 1 saturated heterocycles. The fourth-order valence-corrected chi connectivity index (χ4v) is 5.49. The summed E-state index contributed by atoms with van der Waals surface area (Å²) in [4.78, 5) is 18.0. The van der Waals surface area contributed by atoms with Gasteiger partial charge in [-0.1, -0.05) is 24.3 Å². The molecule has 0 N–H and O–H groups in total. The summed E-state index contributed by atoms with van der Waals surface area (Å²) in [6, 6.07) is 5.12. The van der Waals surface area contributed by atoms with Crippen LogP contribution in [0.1, 0.15) is 49.9 Å². The highest BCUT2D eigenvalue weighted by Crippen LogP contribution is 2.36. The summed E-state index contributed by atoms with van der Waals surface area (Å²) >= 11 is 8.84. The minimum Gasteiger partial charge on any atom is -0.284 e. The van der Waals surface area contributed by atoms with Gasteiger partial charge in [0, 0.05) is 29.9 Å². The summed E-state index contributed by atoms with van der Waals surface area (Å²) in [5, 5.41) is 7.63. The molecule has 1 atom stereocenters. The van der Waals surface area contributed by atoms with Crippen LogP contribution in [0.25, 0.3) is 0 Å². The van der Waals surface area contributed by atoms with Crippen molar-refractivity contribution < 1.29 is 4.79 Å². The third-order valence-electron chi connectivity index (χ3n) is 4.84. The van der Waals surface area contributed by atoms with Crippen molar-refractivity contribution in [2.24, 2.45) is 0 Å². The molecule has 1 aliphatic carbocycles. The number of anilines is 1. The van der Waals surface area contributed by atoms with Crippen LogP contribution in [0.2, 0.25) is 0 Å². The van der Waals surface area contributed by atoms with E-state index in [0.717, 1.165) is 28.5 Å². The maximum Gasteiger partial charge on any atom is 0.228 e. The molecule has 134 valence electrons. The van der Waals surface area contributed by atoms with Crippen molar-refractivity contribution in [3.63, 3.8) is 0 Å². The van der Waals surface area contributed by atoms with E-state index in [-0.39, 0.29) is 5.91 Å². The molecule has 5 nitrogen and oxygen atoms in total. The van der Waals surface area contributed by atoms with E-state index in [4.69, 9.17) is 17.3 Å². The van der Waals surface area contributed by atoms with Crippen LogP contribution in [0.4, 0.5) is 5.13 Å². The monoisotopic (exact) mass is 394 g/mol. The zero-order valence-corrected chi connectivity index (χ0v) is 16.7. The molecule has 2 aromatic rings. The Morgan fingerprint density at radius 3 is 2.96 bits per heavy atom. The van der Waals surface area contributed by atoms with Gasteiger partial charge in [0.1, 0.15) is 0 Å². The van der Waals surface area contributed by atoms with Gasteiger partial charge in [-0.05, 0) is 49.3 Å². The molecule has 1 aliphatic heterocycles. The van der Waals surface area contributed by atoms with Gasteiger partial charge in [0.15, 0.2) is 3.95 Å². The van der Waals surface area contributed by atoms with Gasteiger partial charge in [-0.15, -0.1) is 16.4 Å². The van der Waals surface area contributed by atoms with Gasteiger partial charge < -0.3 is 0 Å². The summed E-state index contributed by atoms with van der Waals surface area (Å²) in [5.74, 6) is 0.149. The number of hydrogen-bond acceptors (Lipinski definition) is 6. The van der Waals surface area contributed by atoms with E-state index in [1.807, 2.05) is 27.8 Å². The van der Waals surface area contributed by atoms with Crippen LogP contribution in [0, 0.1) is 3.95 Å². The van der Waals surface area contributed by atoms with Gasteiger partial charge in [-0.3, -0.25) is 14.6 Å². The number of amides is 1. The van der Waals surface area contributed by atoms with E-state index in [1.54, 1.807) is 0 Å². The molecular weight excluding hydrogens is 372 g/mol. The van der Waals surface area contributed by atoms with Crippen LogP contribution in [0.3, 0.4) is 0 Å². The topological polar surface area (TPSA) is 41.4 Å². The molecule has 4 rings (SSSR count). The van der Waals surface area contributed by atoms with Gasteiger partial charge in [0.25, 0.3) is 0 Å². The van der Waals surface area contributed by atoms with Gasteiger partial charge >= 0.3 is 0 Å². The number of thiophene rings is 1. The van der Waals surface area contributed by atoms with E-state index in [0.29, 0.717) is 25.2 Å². The lowest BCUT2D eigenvalue weighted by atomic mass is 10.2. The first-order valence-electron chi connectivity index (χ1n) is 8.85. The Bertz CT molecular complexity index is 793. The number of rotatable bonds is 6. The van der Waals surface area contributed by atoms with Gasteiger partial charge in [0.2, 0.25) is 11.0 Å². The zero-order chi connectivity index (χ0) is 17.4. The lowest BCUT2D eigenvalue weighted by Crippen LogP contribution is -2.33. The predicted molar refractivity (Wildman–Crippen MR) is 105 cm³/mol. The number of likely N-dealkylation sites (tertiary alicyclic amines) is 1. The molecule has 2 fully saturated rings. The summed E-state index contributed by atoms with van der Waals surface area (Å²) < 4.78 is 2.65. The standard InChI is InChI=1S/C17H22N4OS3/c1-2-15(22)21(12-7-8-12)16-18-20(17(23)25-16)11-19-9-3-5-13(19)14-6-4-10-24-14/h4,6,10,12-13H,2-3,5,7-9,11H2,1H3/t13-/m0/s1. The highest BCUT2D eigenvalue weighted by molar-refractivity contribution is 7.73. The van der Waals surface area contributed by atoms with Crippen LogP contribution in [0.15, 0.2) is 17.5 Å². The van der Waals surface area contributed by atoms with E-state index in [1.165, 1.54) is 29.1 Å². The first-order chi connectivity index (χ1) is 12.2. The molecule has 8 heteroatoms. The van der Waals surface area contributed by atoms with Crippen LogP contribution >= 0.6 is 34.9 Å². The van der Waals surface area contributed by atoms with Crippen molar-refractivity contribution in [1.29, 1.82) is 0 Å². The number of nitrogens with zero attached hydrogens (tertiary/aromatic N) is 4.